The van der Waals surface area contributed by atoms with E-state index >= 15 is 0 Å². The van der Waals surface area contributed by atoms with Crippen LogP contribution < -0.4 is 10.1 Å². The van der Waals surface area contributed by atoms with E-state index in [4.69, 9.17) is 14.0 Å². The summed E-state index contributed by atoms with van der Waals surface area (Å²) in [4.78, 5) is 12.7. The molecule has 178 valence electrons. The molecule has 34 heavy (non-hydrogen) atoms. The van der Waals surface area contributed by atoms with Crippen molar-refractivity contribution in [2.45, 2.75) is 30.9 Å². The van der Waals surface area contributed by atoms with Crippen LogP contribution in [0.5, 0.6) is 5.75 Å². The van der Waals surface area contributed by atoms with E-state index in [0.29, 0.717) is 43.3 Å². The van der Waals surface area contributed by atoms with E-state index in [1.807, 2.05) is 25.1 Å². The molecule has 0 bridgehead atoms. The molecule has 1 amide bonds. The fraction of sp³-hybridized carbons (Fsp3) is 0.333. The van der Waals surface area contributed by atoms with Crippen molar-refractivity contribution in [3.8, 4) is 17.1 Å². The molecule has 0 aliphatic carbocycles. The van der Waals surface area contributed by atoms with E-state index in [9.17, 15) is 13.2 Å². The second kappa shape index (κ2) is 9.21. The number of nitrogens with zero attached hydrogens (tertiary/aromatic N) is 2. The van der Waals surface area contributed by atoms with Crippen molar-refractivity contribution < 1.29 is 27.2 Å². The number of carbonyl (C=O) groups is 1. The van der Waals surface area contributed by atoms with Gasteiger partial charge in [0, 0.05) is 36.7 Å². The van der Waals surface area contributed by atoms with Crippen LogP contribution in [0.2, 0.25) is 0 Å². The largest absolute Gasteiger partial charge is 0.490 e. The third kappa shape index (κ3) is 4.56. The van der Waals surface area contributed by atoms with Gasteiger partial charge in [0.2, 0.25) is 10.0 Å². The van der Waals surface area contributed by atoms with Gasteiger partial charge in [-0.1, -0.05) is 5.16 Å². The first-order valence-corrected chi connectivity index (χ1v) is 12.6. The van der Waals surface area contributed by atoms with Gasteiger partial charge in [0.25, 0.3) is 5.91 Å². The topological polar surface area (TPSA) is 111 Å². The van der Waals surface area contributed by atoms with Gasteiger partial charge in [-0.2, -0.15) is 4.31 Å². The van der Waals surface area contributed by atoms with E-state index in [0.717, 1.165) is 23.3 Å². The van der Waals surface area contributed by atoms with Crippen molar-refractivity contribution in [2.75, 3.05) is 26.3 Å². The van der Waals surface area contributed by atoms with E-state index in [1.165, 1.54) is 28.6 Å². The molecule has 1 aromatic heterocycles. The maximum Gasteiger partial charge on any atom is 0.251 e. The number of hydrogen-bond donors (Lipinski definition) is 1. The van der Waals surface area contributed by atoms with E-state index < -0.39 is 10.0 Å². The van der Waals surface area contributed by atoms with Gasteiger partial charge in [-0.3, -0.25) is 4.79 Å². The number of amides is 1. The lowest BCUT2D eigenvalue weighted by atomic mass is 10.1. The van der Waals surface area contributed by atoms with Crippen molar-refractivity contribution in [1.82, 2.24) is 14.8 Å². The Labute approximate surface area is 197 Å². The SMILES string of the molecule is CC1Cc2cc(-c3cc(CNC(=O)c4ccc(S(=O)(=O)N5CCOCC5)cc4)no3)ccc2O1. The number of hydrogen-bond acceptors (Lipinski definition) is 7. The van der Waals surface area contributed by atoms with Crippen molar-refractivity contribution in [2.24, 2.45) is 0 Å². The van der Waals surface area contributed by atoms with E-state index in [1.54, 1.807) is 6.07 Å². The summed E-state index contributed by atoms with van der Waals surface area (Å²) in [5.74, 6) is 1.18. The highest BCUT2D eigenvalue weighted by atomic mass is 32.2. The number of ether oxygens (including phenoxy) is 2. The van der Waals surface area contributed by atoms with Crippen LogP contribution >= 0.6 is 0 Å². The molecule has 1 N–H and O–H groups in total. The monoisotopic (exact) mass is 483 g/mol. The molecule has 9 nitrogen and oxygen atoms in total. The van der Waals surface area contributed by atoms with Crippen LogP contribution in [0, 0.1) is 0 Å². The first kappa shape index (κ1) is 22.6. The van der Waals surface area contributed by atoms with Gasteiger partial charge in [-0.25, -0.2) is 8.42 Å². The van der Waals surface area contributed by atoms with Crippen molar-refractivity contribution in [3.63, 3.8) is 0 Å². The summed E-state index contributed by atoms with van der Waals surface area (Å²) < 4.78 is 43.2. The highest BCUT2D eigenvalue weighted by Crippen LogP contribution is 2.33. The molecule has 0 saturated carbocycles. The Morgan fingerprint density at radius 3 is 2.65 bits per heavy atom. The van der Waals surface area contributed by atoms with Gasteiger partial charge in [-0.05, 0) is 55.0 Å². The fourth-order valence-corrected chi connectivity index (χ4v) is 5.50. The number of rotatable bonds is 6. The lowest BCUT2D eigenvalue weighted by Gasteiger charge is -2.26. The molecule has 2 aliphatic heterocycles. The minimum atomic E-state index is -3.60. The number of sulfonamides is 1. The first-order chi connectivity index (χ1) is 16.4. The molecule has 5 rings (SSSR count). The third-order valence-corrected chi connectivity index (χ3v) is 7.81. The maximum absolute atomic E-state index is 12.7. The van der Waals surface area contributed by atoms with Gasteiger partial charge in [0.1, 0.15) is 17.5 Å². The predicted molar refractivity (Wildman–Crippen MR) is 123 cm³/mol. The minimum absolute atomic E-state index is 0.154. The molecule has 2 aromatic carbocycles. The molecule has 1 atom stereocenters. The maximum atomic E-state index is 12.7. The molecule has 1 unspecified atom stereocenters. The zero-order valence-electron chi connectivity index (χ0n) is 18.7. The highest BCUT2D eigenvalue weighted by Gasteiger charge is 2.26. The smallest absolute Gasteiger partial charge is 0.251 e. The van der Waals surface area contributed by atoms with Gasteiger partial charge in [0.05, 0.1) is 24.7 Å². The van der Waals surface area contributed by atoms with Crippen LogP contribution in [0.25, 0.3) is 11.3 Å². The molecule has 0 spiro atoms. The molecule has 1 fully saturated rings. The second-order valence-corrected chi connectivity index (χ2v) is 10.3. The summed E-state index contributed by atoms with van der Waals surface area (Å²) in [6, 6.07) is 13.6. The molecular formula is C24H25N3O6S. The molecule has 0 radical (unpaired) electrons. The first-order valence-electron chi connectivity index (χ1n) is 11.1. The molecule has 3 aromatic rings. The molecule has 3 heterocycles. The summed E-state index contributed by atoms with van der Waals surface area (Å²) in [7, 11) is -3.60. The van der Waals surface area contributed by atoms with Crippen molar-refractivity contribution >= 4 is 15.9 Å². The zero-order chi connectivity index (χ0) is 23.7. The van der Waals surface area contributed by atoms with Gasteiger partial charge < -0.3 is 19.3 Å². The van der Waals surface area contributed by atoms with Gasteiger partial charge >= 0.3 is 0 Å². The number of benzene rings is 2. The van der Waals surface area contributed by atoms with Crippen molar-refractivity contribution in [3.05, 3.63) is 65.4 Å². The van der Waals surface area contributed by atoms with Crippen LogP contribution in [0.1, 0.15) is 28.5 Å². The Morgan fingerprint density at radius 1 is 1.12 bits per heavy atom. The minimum Gasteiger partial charge on any atom is -0.490 e. The third-order valence-electron chi connectivity index (χ3n) is 5.89. The Balaban J connectivity index is 1.21. The summed E-state index contributed by atoms with van der Waals surface area (Å²) in [6.07, 6.45) is 1.02. The van der Waals surface area contributed by atoms with Crippen LogP contribution in [0.3, 0.4) is 0 Å². The van der Waals surface area contributed by atoms with Crippen LogP contribution in [-0.2, 0) is 27.7 Å². The fourth-order valence-electron chi connectivity index (χ4n) is 4.09. The van der Waals surface area contributed by atoms with Crippen LogP contribution in [-0.4, -0.2) is 56.2 Å². The summed E-state index contributed by atoms with van der Waals surface area (Å²) >= 11 is 0. The van der Waals surface area contributed by atoms with E-state index in [-0.39, 0.29) is 23.5 Å². The lowest BCUT2D eigenvalue weighted by molar-refractivity contribution is 0.0730. The van der Waals surface area contributed by atoms with Crippen molar-refractivity contribution in [1.29, 1.82) is 0 Å². The lowest BCUT2D eigenvalue weighted by Crippen LogP contribution is -2.40. The quantitative estimate of drug-likeness (QED) is 0.574. The van der Waals surface area contributed by atoms with Crippen LogP contribution in [0.15, 0.2) is 57.9 Å². The van der Waals surface area contributed by atoms with Gasteiger partial charge in [-0.15, -0.1) is 0 Å². The zero-order valence-corrected chi connectivity index (χ0v) is 19.5. The Morgan fingerprint density at radius 2 is 1.88 bits per heavy atom. The average molecular weight is 484 g/mol. The molecule has 1 saturated heterocycles. The Hall–Kier alpha value is -3.21. The number of morpholine rings is 1. The highest BCUT2D eigenvalue weighted by molar-refractivity contribution is 7.89. The van der Waals surface area contributed by atoms with E-state index in [2.05, 4.69) is 10.5 Å². The number of fused-ring (bicyclic) bond motifs is 1. The average Bonchev–Trinajstić information content (AvgIpc) is 3.48. The second-order valence-electron chi connectivity index (χ2n) is 8.36. The molecule has 10 heteroatoms. The molecular weight excluding hydrogens is 458 g/mol. The Kier molecular flexibility index (Phi) is 6.11. The predicted octanol–water partition coefficient (Wildman–Crippen LogP) is 2.62. The summed E-state index contributed by atoms with van der Waals surface area (Å²) in [5, 5.41) is 6.84. The Bertz CT molecular complexity index is 1300. The standard InChI is InChI=1S/C24H25N3O6S/c1-16-12-19-13-18(4-7-22(19)32-16)23-14-20(26-33-23)15-25-24(28)17-2-5-21(6-3-17)34(29,30)27-8-10-31-11-9-27/h2-7,13-14,16H,8-12,15H2,1H3,(H,25,28). The number of aromatic nitrogens is 1. The summed E-state index contributed by atoms with van der Waals surface area (Å²) in [6.45, 7) is 3.62. The summed E-state index contributed by atoms with van der Waals surface area (Å²) in [5.41, 5.74) is 2.98. The normalized spacial score (nSPS) is 18.3. The molecule has 2 aliphatic rings. The number of carbonyl (C=O) groups excluding carboxylic acids is 1. The van der Waals surface area contributed by atoms with Gasteiger partial charge in [0.15, 0.2) is 5.76 Å². The van der Waals surface area contributed by atoms with Crippen LogP contribution in [0.4, 0.5) is 0 Å². The number of nitrogens with one attached hydrogen (secondary N) is 1.